The Labute approximate surface area is 116 Å². The molecule has 2 heterocycles. The number of nitrogens with two attached hydrogens (primary N) is 1. The summed E-state index contributed by atoms with van der Waals surface area (Å²) in [5.41, 5.74) is 8.66. The van der Waals surface area contributed by atoms with Crippen LogP contribution < -0.4 is 5.73 Å². The normalized spacial score (nSPS) is 12.8. The Balaban J connectivity index is 2.08. The van der Waals surface area contributed by atoms with Crippen LogP contribution in [0.15, 0.2) is 34.9 Å². The van der Waals surface area contributed by atoms with Crippen molar-refractivity contribution in [3.63, 3.8) is 0 Å². The Morgan fingerprint density at radius 3 is 2.85 bits per heavy atom. The third-order valence-electron chi connectivity index (χ3n) is 3.35. The van der Waals surface area contributed by atoms with Gasteiger partial charge >= 0.3 is 0 Å². The number of rotatable bonds is 3. The molecule has 0 fully saturated rings. The van der Waals surface area contributed by atoms with Crippen molar-refractivity contribution >= 4 is 10.9 Å². The molecule has 2 aromatic heterocycles. The van der Waals surface area contributed by atoms with E-state index in [1.807, 2.05) is 38.1 Å². The standard InChI is InChI=1S/C15H16N4O/c1-3-11(16)15-18-14(19-20-15)13-8-9(2)10-6-4-5-7-12(10)17-13/h4-8,11H,3,16H2,1-2H3/t11-/m0/s1. The summed E-state index contributed by atoms with van der Waals surface area (Å²) in [6.07, 6.45) is 0.756. The molecule has 0 saturated carbocycles. The molecule has 0 saturated heterocycles. The van der Waals surface area contributed by atoms with Crippen molar-refractivity contribution < 1.29 is 4.52 Å². The summed E-state index contributed by atoms with van der Waals surface area (Å²) in [5, 5.41) is 5.10. The summed E-state index contributed by atoms with van der Waals surface area (Å²) in [6, 6.07) is 9.74. The van der Waals surface area contributed by atoms with Gasteiger partial charge in [0.2, 0.25) is 11.7 Å². The van der Waals surface area contributed by atoms with E-state index in [1.165, 1.54) is 0 Å². The highest BCUT2D eigenvalue weighted by atomic mass is 16.5. The molecule has 0 aliphatic carbocycles. The Morgan fingerprint density at radius 1 is 1.25 bits per heavy atom. The van der Waals surface area contributed by atoms with E-state index in [9.17, 15) is 0 Å². The van der Waals surface area contributed by atoms with Gasteiger partial charge in [-0.25, -0.2) is 4.98 Å². The summed E-state index contributed by atoms with van der Waals surface area (Å²) in [7, 11) is 0. The van der Waals surface area contributed by atoms with Crippen LogP contribution in [0.25, 0.3) is 22.4 Å². The first kappa shape index (κ1) is 12.7. The zero-order chi connectivity index (χ0) is 14.1. The van der Waals surface area contributed by atoms with Gasteiger partial charge in [0.15, 0.2) is 0 Å². The van der Waals surface area contributed by atoms with E-state index in [0.717, 1.165) is 22.9 Å². The highest BCUT2D eigenvalue weighted by Crippen LogP contribution is 2.23. The SMILES string of the molecule is CC[C@H](N)c1nc(-c2cc(C)c3ccccc3n2)no1. The lowest BCUT2D eigenvalue weighted by atomic mass is 10.1. The fourth-order valence-electron chi connectivity index (χ4n) is 2.13. The minimum atomic E-state index is -0.224. The Hall–Kier alpha value is -2.27. The second-order valence-corrected chi connectivity index (χ2v) is 4.81. The highest BCUT2D eigenvalue weighted by Gasteiger charge is 2.15. The molecule has 3 rings (SSSR count). The van der Waals surface area contributed by atoms with Crippen LogP contribution in [-0.4, -0.2) is 15.1 Å². The maximum absolute atomic E-state index is 5.89. The number of aromatic nitrogens is 3. The average molecular weight is 268 g/mol. The molecule has 1 aromatic carbocycles. The van der Waals surface area contributed by atoms with Gasteiger partial charge in [0.1, 0.15) is 5.69 Å². The summed E-state index contributed by atoms with van der Waals surface area (Å²) in [5.74, 6) is 0.938. The average Bonchev–Trinajstić information content (AvgIpc) is 2.96. The highest BCUT2D eigenvalue weighted by molar-refractivity contribution is 5.84. The molecule has 5 heteroatoms. The van der Waals surface area contributed by atoms with Gasteiger partial charge in [0, 0.05) is 5.39 Å². The van der Waals surface area contributed by atoms with Crippen LogP contribution in [-0.2, 0) is 0 Å². The molecule has 0 spiro atoms. The monoisotopic (exact) mass is 268 g/mol. The van der Waals surface area contributed by atoms with E-state index >= 15 is 0 Å². The van der Waals surface area contributed by atoms with Crippen LogP contribution in [0.1, 0.15) is 30.8 Å². The predicted molar refractivity (Wildman–Crippen MR) is 77.0 cm³/mol. The minimum Gasteiger partial charge on any atom is -0.337 e. The van der Waals surface area contributed by atoms with Gasteiger partial charge in [-0.1, -0.05) is 30.3 Å². The van der Waals surface area contributed by atoms with Crippen LogP contribution in [0.2, 0.25) is 0 Å². The van der Waals surface area contributed by atoms with E-state index in [2.05, 4.69) is 21.2 Å². The van der Waals surface area contributed by atoms with Gasteiger partial charge in [-0.05, 0) is 31.0 Å². The van der Waals surface area contributed by atoms with E-state index in [4.69, 9.17) is 10.3 Å². The molecule has 0 aliphatic rings. The number of benzene rings is 1. The molecular weight excluding hydrogens is 252 g/mol. The van der Waals surface area contributed by atoms with Gasteiger partial charge in [-0.3, -0.25) is 0 Å². The maximum atomic E-state index is 5.89. The summed E-state index contributed by atoms with van der Waals surface area (Å²) < 4.78 is 5.20. The fraction of sp³-hybridized carbons (Fsp3) is 0.267. The van der Waals surface area contributed by atoms with Gasteiger partial charge in [0.25, 0.3) is 0 Å². The van der Waals surface area contributed by atoms with Crippen molar-refractivity contribution in [2.24, 2.45) is 5.73 Å². The lowest BCUT2D eigenvalue weighted by Crippen LogP contribution is -2.08. The van der Waals surface area contributed by atoms with Crippen molar-refractivity contribution in [1.29, 1.82) is 0 Å². The first-order valence-electron chi connectivity index (χ1n) is 6.65. The molecule has 20 heavy (non-hydrogen) atoms. The fourth-order valence-corrected chi connectivity index (χ4v) is 2.13. The molecule has 0 aliphatic heterocycles. The van der Waals surface area contributed by atoms with E-state index in [1.54, 1.807) is 0 Å². The Morgan fingerprint density at radius 2 is 2.05 bits per heavy atom. The topological polar surface area (TPSA) is 77.8 Å². The van der Waals surface area contributed by atoms with Crippen LogP contribution in [0.3, 0.4) is 0 Å². The second-order valence-electron chi connectivity index (χ2n) is 4.81. The molecule has 3 aromatic rings. The number of pyridine rings is 1. The van der Waals surface area contributed by atoms with Crippen molar-refractivity contribution in [2.45, 2.75) is 26.3 Å². The quantitative estimate of drug-likeness (QED) is 0.790. The Bertz CT molecular complexity index is 750. The van der Waals surface area contributed by atoms with Crippen molar-refractivity contribution in [3.8, 4) is 11.5 Å². The predicted octanol–water partition coefficient (Wildman–Crippen LogP) is 3.00. The number of hydrogen-bond acceptors (Lipinski definition) is 5. The molecule has 1 atom stereocenters. The molecular formula is C15H16N4O. The van der Waals surface area contributed by atoms with Crippen molar-refractivity contribution in [3.05, 3.63) is 41.8 Å². The summed E-state index contributed by atoms with van der Waals surface area (Å²) in [6.45, 7) is 4.03. The van der Waals surface area contributed by atoms with E-state index in [-0.39, 0.29) is 6.04 Å². The minimum absolute atomic E-state index is 0.224. The number of fused-ring (bicyclic) bond motifs is 1. The summed E-state index contributed by atoms with van der Waals surface area (Å²) in [4.78, 5) is 8.91. The Kier molecular flexibility index (Phi) is 3.20. The van der Waals surface area contributed by atoms with E-state index in [0.29, 0.717) is 17.4 Å². The molecule has 0 amide bonds. The molecule has 2 N–H and O–H groups in total. The zero-order valence-corrected chi connectivity index (χ0v) is 11.5. The molecule has 0 bridgehead atoms. The zero-order valence-electron chi connectivity index (χ0n) is 11.5. The number of hydrogen-bond donors (Lipinski definition) is 1. The van der Waals surface area contributed by atoms with Crippen molar-refractivity contribution in [1.82, 2.24) is 15.1 Å². The second kappa shape index (κ2) is 5.02. The first-order valence-corrected chi connectivity index (χ1v) is 6.65. The molecule has 5 nitrogen and oxygen atoms in total. The van der Waals surface area contributed by atoms with Gasteiger partial charge in [0.05, 0.1) is 11.6 Å². The molecule has 102 valence electrons. The van der Waals surface area contributed by atoms with Crippen LogP contribution in [0.5, 0.6) is 0 Å². The lowest BCUT2D eigenvalue weighted by molar-refractivity contribution is 0.352. The third kappa shape index (κ3) is 2.16. The lowest BCUT2D eigenvalue weighted by Gasteiger charge is -2.03. The van der Waals surface area contributed by atoms with Crippen LogP contribution in [0, 0.1) is 6.92 Å². The third-order valence-corrected chi connectivity index (χ3v) is 3.35. The number of nitrogens with zero attached hydrogens (tertiary/aromatic N) is 3. The van der Waals surface area contributed by atoms with E-state index < -0.39 is 0 Å². The van der Waals surface area contributed by atoms with Gasteiger partial charge < -0.3 is 10.3 Å². The molecule has 0 unspecified atom stereocenters. The van der Waals surface area contributed by atoms with Gasteiger partial charge in [-0.2, -0.15) is 4.98 Å². The largest absolute Gasteiger partial charge is 0.337 e. The van der Waals surface area contributed by atoms with Crippen LogP contribution >= 0.6 is 0 Å². The number of para-hydroxylation sites is 1. The number of aryl methyl sites for hydroxylation is 1. The first-order chi connectivity index (χ1) is 9.69. The smallest absolute Gasteiger partial charge is 0.243 e. The maximum Gasteiger partial charge on any atom is 0.243 e. The summed E-state index contributed by atoms with van der Waals surface area (Å²) >= 11 is 0. The van der Waals surface area contributed by atoms with Crippen LogP contribution in [0.4, 0.5) is 0 Å². The van der Waals surface area contributed by atoms with Gasteiger partial charge in [-0.15, -0.1) is 0 Å². The van der Waals surface area contributed by atoms with Crippen molar-refractivity contribution in [2.75, 3.05) is 0 Å². The molecule has 0 radical (unpaired) electrons.